The molecule has 1 aliphatic heterocycles. The number of para-hydroxylation sites is 1. The molecule has 1 aliphatic rings. The van der Waals surface area contributed by atoms with Crippen molar-refractivity contribution in [1.82, 2.24) is 25.3 Å². The third-order valence-corrected chi connectivity index (χ3v) is 9.18. The highest BCUT2D eigenvalue weighted by Gasteiger charge is 2.29. The van der Waals surface area contributed by atoms with E-state index in [0.29, 0.717) is 90.3 Å². The largest absolute Gasteiger partial charge is 0.508 e. The molecule has 0 unspecified atom stereocenters. The number of fused-ring (bicyclic) bond motifs is 6. The van der Waals surface area contributed by atoms with Gasteiger partial charge in [0.15, 0.2) is 0 Å². The fraction of sp³-hybridized carbons (Fsp3) is 0.375. The normalized spacial score (nSPS) is 12.1. The summed E-state index contributed by atoms with van der Waals surface area (Å²) >= 11 is 0. The molecule has 3 amide bonds. The second kappa shape index (κ2) is 19.6. The summed E-state index contributed by atoms with van der Waals surface area (Å²) < 4.78 is 24.4. The highest BCUT2D eigenvalue weighted by atomic mass is 16.6. The molecule has 5 aromatic rings. The van der Waals surface area contributed by atoms with Crippen molar-refractivity contribution in [3.63, 3.8) is 0 Å². The number of carbonyl (C=O) groups is 3. The third-order valence-electron chi connectivity index (χ3n) is 9.18. The maximum Gasteiger partial charge on any atom is 0.227 e. The lowest BCUT2D eigenvalue weighted by Crippen LogP contribution is -2.32. The summed E-state index contributed by atoms with van der Waals surface area (Å²) in [5.41, 5.74) is 12.1. The zero-order valence-electron chi connectivity index (χ0n) is 30.7. The van der Waals surface area contributed by atoms with Crippen molar-refractivity contribution in [3.05, 3.63) is 84.1 Å². The lowest BCUT2D eigenvalue weighted by atomic mass is 9.95. The standard InChI is InChI=1S/C40H47N7O8/c41-36(49)11-12-38(51)46-27-29-5-1-2-6-31(29)40-39(32-7-3-4-8-35(32)46)44-45-47(40)16-18-53-20-22-55-24-23-54-21-19-52-17-14-37(50)42-15-13-28-26-43-34-10-9-30(48)25-33(28)34/h1-10,25-26,43,48H,11-24,27H2,(H2,41,49)(H,42,50). The van der Waals surface area contributed by atoms with Gasteiger partial charge in [0.2, 0.25) is 17.7 Å². The van der Waals surface area contributed by atoms with Crippen LogP contribution in [0.5, 0.6) is 5.75 Å². The second-order valence-electron chi connectivity index (χ2n) is 13.0. The molecular formula is C40H47N7O8. The van der Waals surface area contributed by atoms with Gasteiger partial charge in [0, 0.05) is 54.0 Å². The summed E-state index contributed by atoms with van der Waals surface area (Å²) in [4.78, 5) is 41.8. The molecule has 15 nitrogen and oxygen atoms in total. The average molecular weight is 754 g/mol. The lowest BCUT2D eigenvalue weighted by molar-refractivity contribution is -0.123. The molecule has 55 heavy (non-hydrogen) atoms. The summed E-state index contributed by atoms with van der Waals surface area (Å²) in [5.74, 6) is -0.579. The van der Waals surface area contributed by atoms with Gasteiger partial charge in [0.05, 0.1) is 77.3 Å². The summed E-state index contributed by atoms with van der Waals surface area (Å²) in [6.07, 6.45) is 2.81. The number of nitrogens with zero attached hydrogens (tertiary/aromatic N) is 4. The van der Waals surface area contributed by atoms with E-state index in [1.54, 1.807) is 17.0 Å². The van der Waals surface area contributed by atoms with E-state index in [9.17, 15) is 19.5 Å². The van der Waals surface area contributed by atoms with Gasteiger partial charge in [-0.1, -0.05) is 47.7 Å². The van der Waals surface area contributed by atoms with Crippen LogP contribution in [0.25, 0.3) is 33.4 Å². The first-order valence-corrected chi connectivity index (χ1v) is 18.5. The van der Waals surface area contributed by atoms with Gasteiger partial charge in [0.1, 0.15) is 11.4 Å². The van der Waals surface area contributed by atoms with Crippen LogP contribution in [-0.2, 0) is 52.8 Å². The van der Waals surface area contributed by atoms with E-state index in [0.717, 1.165) is 38.9 Å². The Morgan fingerprint density at radius 1 is 0.818 bits per heavy atom. The van der Waals surface area contributed by atoms with Gasteiger partial charge in [-0.2, -0.15) is 0 Å². The van der Waals surface area contributed by atoms with E-state index in [-0.39, 0.29) is 36.8 Å². The van der Waals surface area contributed by atoms with Gasteiger partial charge >= 0.3 is 0 Å². The maximum absolute atomic E-state index is 13.3. The molecule has 0 fully saturated rings. The number of anilines is 1. The van der Waals surface area contributed by atoms with Crippen LogP contribution in [0.2, 0.25) is 0 Å². The predicted octanol–water partition coefficient (Wildman–Crippen LogP) is 3.73. The van der Waals surface area contributed by atoms with E-state index < -0.39 is 5.91 Å². The number of benzene rings is 3. The number of phenolic OH excluding ortho intramolecular Hbond substituents is 1. The van der Waals surface area contributed by atoms with Crippen LogP contribution < -0.4 is 16.0 Å². The Hall–Kier alpha value is -5.61. The third kappa shape index (κ3) is 10.5. The molecule has 6 rings (SSSR count). The molecule has 0 saturated carbocycles. The monoisotopic (exact) mass is 753 g/mol. The molecule has 0 saturated heterocycles. The fourth-order valence-electron chi connectivity index (χ4n) is 6.44. The van der Waals surface area contributed by atoms with Crippen molar-refractivity contribution in [2.24, 2.45) is 5.73 Å². The first kappa shape index (κ1) is 39.1. The number of aromatic hydroxyl groups is 1. The number of amides is 3. The first-order chi connectivity index (χ1) is 26.9. The molecule has 0 bridgehead atoms. The molecule has 0 aliphatic carbocycles. The van der Waals surface area contributed by atoms with E-state index in [1.165, 1.54) is 0 Å². The minimum atomic E-state index is -0.518. The second-order valence-corrected chi connectivity index (χ2v) is 13.0. The Morgan fingerprint density at radius 3 is 2.27 bits per heavy atom. The number of aromatic amines is 1. The molecule has 0 radical (unpaired) electrons. The summed E-state index contributed by atoms with van der Waals surface area (Å²) in [7, 11) is 0. The Morgan fingerprint density at radius 2 is 1.51 bits per heavy atom. The molecule has 5 N–H and O–H groups in total. The number of aromatic nitrogens is 4. The van der Waals surface area contributed by atoms with Crippen molar-refractivity contribution >= 4 is 34.3 Å². The number of rotatable bonds is 21. The summed E-state index contributed by atoms with van der Waals surface area (Å²) in [5, 5.41) is 22.6. The fourth-order valence-corrected chi connectivity index (χ4v) is 6.44. The molecule has 15 heteroatoms. The van der Waals surface area contributed by atoms with Crippen LogP contribution in [0.1, 0.15) is 30.4 Å². The SMILES string of the molecule is NC(=O)CCC(=O)N1Cc2ccccc2-c2c(nnn2CCOCCOCCOCCOCCC(=O)NCCc2c[nH]c3ccc(O)cc23)-c2ccccc21. The number of primary amides is 1. The van der Waals surface area contributed by atoms with E-state index in [4.69, 9.17) is 24.7 Å². The number of phenols is 1. The molecular weight excluding hydrogens is 706 g/mol. The Labute approximate surface area is 318 Å². The van der Waals surface area contributed by atoms with Crippen molar-refractivity contribution in [2.75, 3.05) is 64.3 Å². The van der Waals surface area contributed by atoms with Crippen LogP contribution in [0, 0.1) is 0 Å². The highest BCUT2D eigenvalue weighted by molar-refractivity contribution is 6.01. The summed E-state index contributed by atoms with van der Waals surface area (Å²) in [6, 6.07) is 20.6. The molecule has 2 aromatic heterocycles. The number of ether oxygens (including phenoxy) is 4. The minimum absolute atomic E-state index is 0.0155. The van der Waals surface area contributed by atoms with Gasteiger partial charge in [-0.15, -0.1) is 5.10 Å². The van der Waals surface area contributed by atoms with Crippen LogP contribution in [0.3, 0.4) is 0 Å². The number of H-pyrrole nitrogens is 1. The lowest BCUT2D eigenvalue weighted by Gasteiger charge is -2.28. The molecule has 3 aromatic carbocycles. The van der Waals surface area contributed by atoms with E-state index >= 15 is 0 Å². The van der Waals surface area contributed by atoms with Gasteiger partial charge in [-0.25, -0.2) is 4.68 Å². The number of hydrogen-bond donors (Lipinski definition) is 4. The number of nitrogens with two attached hydrogens (primary N) is 1. The van der Waals surface area contributed by atoms with Crippen molar-refractivity contribution in [1.29, 1.82) is 0 Å². The Kier molecular flexibility index (Phi) is 14.0. The van der Waals surface area contributed by atoms with Crippen molar-refractivity contribution in [3.8, 4) is 28.3 Å². The van der Waals surface area contributed by atoms with E-state index in [2.05, 4.69) is 20.6 Å². The maximum atomic E-state index is 13.3. The number of nitrogens with one attached hydrogen (secondary N) is 2. The van der Waals surface area contributed by atoms with Gasteiger partial charge < -0.3 is 45.0 Å². The minimum Gasteiger partial charge on any atom is -0.508 e. The van der Waals surface area contributed by atoms with Gasteiger partial charge in [0.25, 0.3) is 0 Å². The van der Waals surface area contributed by atoms with Crippen LogP contribution in [0.15, 0.2) is 72.9 Å². The number of hydrogen-bond acceptors (Lipinski definition) is 10. The Bertz CT molecular complexity index is 2060. The molecule has 0 atom stereocenters. The zero-order valence-corrected chi connectivity index (χ0v) is 30.7. The van der Waals surface area contributed by atoms with Crippen LogP contribution in [0.4, 0.5) is 5.69 Å². The smallest absolute Gasteiger partial charge is 0.227 e. The topological polar surface area (TPSA) is 196 Å². The van der Waals surface area contributed by atoms with E-state index in [1.807, 2.05) is 65.5 Å². The molecule has 0 spiro atoms. The average Bonchev–Trinajstić information content (AvgIpc) is 3.79. The van der Waals surface area contributed by atoms with Crippen molar-refractivity contribution in [2.45, 2.75) is 38.8 Å². The quantitative estimate of drug-likeness (QED) is 0.0802. The zero-order chi connectivity index (χ0) is 38.4. The predicted molar refractivity (Wildman–Crippen MR) is 205 cm³/mol. The highest BCUT2D eigenvalue weighted by Crippen LogP contribution is 2.41. The van der Waals surface area contributed by atoms with Crippen LogP contribution in [-0.4, -0.2) is 102 Å². The first-order valence-electron chi connectivity index (χ1n) is 18.5. The van der Waals surface area contributed by atoms with Crippen molar-refractivity contribution < 1.29 is 38.4 Å². The number of carbonyl (C=O) groups excluding carboxylic acids is 3. The van der Waals surface area contributed by atoms with Gasteiger partial charge in [-0.05, 0) is 41.8 Å². The Balaban J connectivity index is 0.849. The molecule has 3 heterocycles. The molecule has 290 valence electrons. The van der Waals surface area contributed by atoms with Crippen LogP contribution >= 0.6 is 0 Å². The summed E-state index contributed by atoms with van der Waals surface area (Å²) in [6.45, 7) is 4.38. The van der Waals surface area contributed by atoms with Gasteiger partial charge in [-0.3, -0.25) is 14.4 Å².